The first-order chi connectivity index (χ1) is 34.6. The fourth-order valence-electron chi connectivity index (χ4n) is 11.3. The molecular weight excluding hydrogens is 845 g/mol. The summed E-state index contributed by atoms with van der Waals surface area (Å²) in [6.07, 6.45) is 4.05. The van der Waals surface area contributed by atoms with Gasteiger partial charge in [-0.15, -0.1) is 0 Å². The van der Waals surface area contributed by atoms with E-state index in [0.717, 1.165) is 25.7 Å². The van der Waals surface area contributed by atoms with Gasteiger partial charge >= 0.3 is 0 Å². The highest BCUT2D eigenvalue weighted by molar-refractivity contribution is 6.12. The molecule has 330 valence electrons. The van der Waals surface area contributed by atoms with E-state index in [1.165, 1.54) is 142 Å². The standard InChI is InChI=1S/C68H48N2/c1-5-15-47-33-51(25-21-43(47)11-1)55-29-31-65-61(39-55)63-41-59(53-27-23-45-13-3-7-17-49(45)35-53)37-57(67(63)69-65)19-9-10-20-58-38-60(54-28-24-46-14-4-8-18-50(46)36-54)42-64-62-40-56(30-32-66(62)70-68(58)64)52-26-22-44-12-2-6-16-48(44)34-52/h1-8,11-18,21-42,69-70H,9-10,19-20H2. The summed E-state index contributed by atoms with van der Waals surface area (Å²) in [6.45, 7) is 0. The van der Waals surface area contributed by atoms with Crippen LogP contribution in [0.3, 0.4) is 0 Å². The molecule has 14 rings (SSSR count). The Morgan fingerprint density at radius 2 is 0.514 bits per heavy atom. The smallest absolute Gasteiger partial charge is 0.0497 e. The van der Waals surface area contributed by atoms with Crippen LogP contribution in [0.15, 0.2) is 231 Å². The van der Waals surface area contributed by atoms with E-state index in [1.54, 1.807) is 0 Å². The monoisotopic (exact) mass is 892 g/mol. The van der Waals surface area contributed by atoms with Crippen LogP contribution in [0, 0.1) is 0 Å². The van der Waals surface area contributed by atoms with E-state index in [9.17, 15) is 0 Å². The normalized spacial score (nSPS) is 11.9. The van der Waals surface area contributed by atoms with Crippen molar-refractivity contribution in [2.24, 2.45) is 0 Å². The van der Waals surface area contributed by atoms with Crippen molar-refractivity contribution in [1.82, 2.24) is 9.97 Å². The second-order valence-electron chi connectivity index (χ2n) is 19.3. The van der Waals surface area contributed by atoms with Crippen molar-refractivity contribution in [2.75, 3.05) is 0 Å². The highest BCUT2D eigenvalue weighted by atomic mass is 14.7. The quantitative estimate of drug-likeness (QED) is 0.135. The molecule has 2 nitrogen and oxygen atoms in total. The Morgan fingerprint density at radius 3 is 0.871 bits per heavy atom. The van der Waals surface area contributed by atoms with E-state index in [4.69, 9.17) is 0 Å². The number of rotatable bonds is 9. The second kappa shape index (κ2) is 16.5. The predicted molar refractivity (Wildman–Crippen MR) is 300 cm³/mol. The van der Waals surface area contributed by atoms with Crippen LogP contribution in [0.25, 0.3) is 131 Å². The van der Waals surface area contributed by atoms with E-state index in [1.807, 2.05) is 0 Å². The first kappa shape index (κ1) is 40.4. The number of aromatic nitrogens is 2. The Balaban J connectivity index is 0.838. The molecular formula is C68H48N2. The molecule has 0 unspecified atom stereocenters. The maximum Gasteiger partial charge on any atom is 0.0497 e. The van der Waals surface area contributed by atoms with E-state index in [2.05, 4.69) is 240 Å². The minimum absolute atomic E-state index is 0.970. The number of nitrogens with one attached hydrogen (secondary N) is 2. The lowest BCUT2D eigenvalue weighted by Gasteiger charge is -2.12. The van der Waals surface area contributed by atoms with Gasteiger partial charge in [0, 0.05) is 43.6 Å². The van der Waals surface area contributed by atoms with Crippen LogP contribution in [-0.4, -0.2) is 9.97 Å². The van der Waals surface area contributed by atoms with Gasteiger partial charge in [-0.2, -0.15) is 0 Å². The van der Waals surface area contributed by atoms with E-state index >= 15 is 0 Å². The summed E-state index contributed by atoms with van der Waals surface area (Å²) in [5, 5.41) is 15.2. The third-order valence-electron chi connectivity index (χ3n) is 15.1. The summed E-state index contributed by atoms with van der Waals surface area (Å²) < 4.78 is 0. The van der Waals surface area contributed by atoms with Crippen LogP contribution >= 0.6 is 0 Å². The maximum absolute atomic E-state index is 3.92. The number of hydrogen-bond acceptors (Lipinski definition) is 0. The molecule has 0 aliphatic carbocycles. The molecule has 0 saturated carbocycles. The number of aromatic amines is 2. The highest BCUT2D eigenvalue weighted by Crippen LogP contribution is 2.40. The zero-order chi connectivity index (χ0) is 46.1. The van der Waals surface area contributed by atoms with Gasteiger partial charge in [0.05, 0.1) is 0 Å². The summed E-state index contributed by atoms with van der Waals surface area (Å²) in [7, 11) is 0. The Kier molecular flexibility index (Phi) is 9.52. The molecule has 70 heavy (non-hydrogen) atoms. The average Bonchev–Trinajstić information content (AvgIpc) is 3.99. The van der Waals surface area contributed by atoms with Crippen molar-refractivity contribution >= 4 is 86.7 Å². The Bertz CT molecular complexity index is 4090. The lowest BCUT2D eigenvalue weighted by atomic mass is 9.93. The molecule has 2 aromatic heterocycles. The summed E-state index contributed by atoms with van der Waals surface area (Å²) in [5.41, 5.74) is 17.5. The third kappa shape index (κ3) is 7.11. The van der Waals surface area contributed by atoms with Crippen molar-refractivity contribution in [3.8, 4) is 44.5 Å². The number of benzene rings is 12. The molecule has 0 aliphatic heterocycles. The Hall–Kier alpha value is -8.72. The van der Waals surface area contributed by atoms with Gasteiger partial charge in [0.25, 0.3) is 0 Å². The second-order valence-corrected chi connectivity index (χ2v) is 19.3. The zero-order valence-corrected chi connectivity index (χ0v) is 38.8. The topological polar surface area (TPSA) is 31.6 Å². The molecule has 2 heteroatoms. The molecule has 0 saturated heterocycles. The van der Waals surface area contributed by atoms with Crippen LogP contribution in [0.4, 0.5) is 0 Å². The SMILES string of the molecule is c1ccc2cc(-c3ccc4[nH]c5c(CCCCc6cc(-c7ccc8ccccc8c7)cc7c6[nH]c6ccc(-c8ccc9ccccc9c8)cc67)cc(-c6ccc7ccccc7c6)cc5c4c3)ccc2c1. The van der Waals surface area contributed by atoms with Crippen LogP contribution < -0.4 is 0 Å². The number of H-pyrrole nitrogens is 2. The zero-order valence-electron chi connectivity index (χ0n) is 38.8. The highest BCUT2D eigenvalue weighted by Gasteiger charge is 2.17. The van der Waals surface area contributed by atoms with E-state index in [0.29, 0.717) is 0 Å². The van der Waals surface area contributed by atoms with Gasteiger partial charge < -0.3 is 9.97 Å². The van der Waals surface area contributed by atoms with Gasteiger partial charge in [-0.3, -0.25) is 0 Å². The van der Waals surface area contributed by atoms with Gasteiger partial charge in [-0.1, -0.05) is 158 Å². The molecule has 0 aliphatic rings. The summed E-state index contributed by atoms with van der Waals surface area (Å²) in [6, 6.07) is 85.7. The fourth-order valence-corrected chi connectivity index (χ4v) is 11.3. The van der Waals surface area contributed by atoms with Crippen molar-refractivity contribution in [3.63, 3.8) is 0 Å². The van der Waals surface area contributed by atoms with Crippen LogP contribution in [0.1, 0.15) is 24.0 Å². The summed E-state index contributed by atoms with van der Waals surface area (Å²) >= 11 is 0. The van der Waals surface area contributed by atoms with Gasteiger partial charge in [0.15, 0.2) is 0 Å². The first-order valence-electron chi connectivity index (χ1n) is 24.8. The molecule has 2 N–H and O–H groups in total. The average molecular weight is 893 g/mol. The molecule has 0 atom stereocenters. The lowest BCUT2D eigenvalue weighted by molar-refractivity contribution is 0.738. The molecule has 0 spiro atoms. The summed E-state index contributed by atoms with van der Waals surface area (Å²) in [4.78, 5) is 7.84. The third-order valence-corrected chi connectivity index (χ3v) is 15.1. The molecule has 0 radical (unpaired) electrons. The molecule has 12 aromatic carbocycles. The van der Waals surface area contributed by atoms with Crippen molar-refractivity contribution in [2.45, 2.75) is 25.7 Å². The Labute approximate surface area is 406 Å². The summed E-state index contributed by atoms with van der Waals surface area (Å²) in [5.74, 6) is 0. The Morgan fingerprint density at radius 1 is 0.229 bits per heavy atom. The van der Waals surface area contributed by atoms with Crippen LogP contribution in [0.5, 0.6) is 0 Å². The molecule has 0 bridgehead atoms. The number of hydrogen-bond donors (Lipinski definition) is 2. The van der Waals surface area contributed by atoms with Crippen molar-refractivity contribution < 1.29 is 0 Å². The fraction of sp³-hybridized carbons (Fsp3) is 0.0588. The molecule has 0 amide bonds. The van der Waals surface area contributed by atoms with Gasteiger partial charge in [0.1, 0.15) is 0 Å². The van der Waals surface area contributed by atoms with Crippen molar-refractivity contribution in [3.05, 3.63) is 242 Å². The number of fused-ring (bicyclic) bond motifs is 10. The molecule has 2 heterocycles. The first-order valence-corrected chi connectivity index (χ1v) is 24.8. The van der Waals surface area contributed by atoms with Gasteiger partial charge in [-0.05, 0) is 197 Å². The largest absolute Gasteiger partial charge is 0.354 e. The predicted octanol–water partition coefficient (Wildman–Crippen LogP) is 18.8. The van der Waals surface area contributed by atoms with E-state index in [-0.39, 0.29) is 0 Å². The van der Waals surface area contributed by atoms with E-state index < -0.39 is 0 Å². The number of unbranched alkanes of at least 4 members (excludes halogenated alkanes) is 1. The minimum atomic E-state index is 0.970. The molecule has 14 aromatic rings. The number of aryl methyl sites for hydroxylation is 2. The van der Waals surface area contributed by atoms with Crippen LogP contribution in [-0.2, 0) is 12.8 Å². The maximum atomic E-state index is 3.92. The van der Waals surface area contributed by atoms with Crippen LogP contribution in [0.2, 0.25) is 0 Å². The molecule has 0 fully saturated rings. The van der Waals surface area contributed by atoms with Crippen molar-refractivity contribution in [1.29, 1.82) is 0 Å². The van der Waals surface area contributed by atoms with Gasteiger partial charge in [-0.25, -0.2) is 0 Å². The van der Waals surface area contributed by atoms with Gasteiger partial charge in [0.2, 0.25) is 0 Å². The minimum Gasteiger partial charge on any atom is -0.354 e. The lowest BCUT2D eigenvalue weighted by Crippen LogP contribution is -1.94.